The van der Waals surface area contributed by atoms with Gasteiger partial charge in [-0.05, 0) is 31.4 Å². The monoisotopic (exact) mass is 200 g/mol. The number of rotatable bonds is 2. The fraction of sp³-hybridized carbons (Fsp3) is 1.00. The van der Waals surface area contributed by atoms with E-state index in [4.69, 9.17) is 5.73 Å². The highest BCUT2D eigenvalue weighted by atomic mass is 32.2. The summed E-state index contributed by atoms with van der Waals surface area (Å²) in [6.07, 6.45) is 6.45. The van der Waals surface area contributed by atoms with Crippen LogP contribution in [0.1, 0.15) is 32.1 Å². The van der Waals surface area contributed by atoms with Crippen LogP contribution in [0.3, 0.4) is 0 Å². The maximum absolute atomic E-state index is 5.95. The Hall–Kier alpha value is 0.270. The number of nitrogens with one attached hydrogen (secondary N) is 1. The van der Waals surface area contributed by atoms with Crippen molar-refractivity contribution in [1.29, 1.82) is 0 Å². The van der Waals surface area contributed by atoms with Gasteiger partial charge in [0.25, 0.3) is 0 Å². The molecule has 1 heterocycles. The fourth-order valence-electron chi connectivity index (χ4n) is 2.38. The molecule has 0 spiro atoms. The van der Waals surface area contributed by atoms with Crippen LogP contribution in [0.2, 0.25) is 0 Å². The van der Waals surface area contributed by atoms with Gasteiger partial charge in [-0.1, -0.05) is 6.42 Å². The lowest BCUT2D eigenvalue weighted by molar-refractivity contribution is 0.318. The van der Waals surface area contributed by atoms with Crippen molar-refractivity contribution in [3.63, 3.8) is 0 Å². The van der Waals surface area contributed by atoms with Gasteiger partial charge in [0, 0.05) is 23.9 Å². The van der Waals surface area contributed by atoms with Crippen molar-refractivity contribution < 1.29 is 0 Å². The topological polar surface area (TPSA) is 38.0 Å². The zero-order valence-corrected chi connectivity index (χ0v) is 8.98. The van der Waals surface area contributed by atoms with Gasteiger partial charge in [-0.15, -0.1) is 0 Å². The maximum atomic E-state index is 5.95. The molecule has 0 bridgehead atoms. The highest BCUT2D eigenvalue weighted by Crippen LogP contribution is 2.22. The highest BCUT2D eigenvalue weighted by Gasteiger charge is 2.23. The molecule has 3 atom stereocenters. The van der Waals surface area contributed by atoms with E-state index < -0.39 is 0 Å². The molecule has 1 aliphatic heterocycles. The van der Waals surface area contributed by atoms with E-state index in [0.29, 0.717) is 12.1 Å². The summed E-state index contributed by atoms with van der Waals surface area (Å²) >= 11 is 2.08. The van der Waals surface area contributed by atoms with Crippen molar-refractivity contribution in [3.8, 4) is 0 Å². The van der Waals surface area contributed by atoms with Crippen molar-refractivity contribution >= 4 is 11.8 Å². The lowest BCUT2D eigenvalue weighted by Gasteiger charge is -2.29. The standard InChI is InChI=1S/C10H20N2S/c11-8-2-1-3-9(6-8)12-10-4-5-13-7-10/h8-10,12H,1-7,11H2. The second-order valence-corrected chi connectivity index (χ2v) is 5.50. The van der Waals surface area contributed by atoms with Crippen LogP contribution in [-0.4, -0.2) is 29.6 Å². The van der Waals surface area contributed by atoms with Gasteiger partial charge in [0.05, 0.1) is 0 Å². The summed E-state index contributed by atoms with van der Waals surface area (Å²) in [7, 11) is 0. The van der Waals surface area contributed by atoms with E-state index in [1.54, 1.807) is 0 Å². The SMILES string of the molecule is NC1CCCC(NC2CCSC2)C1. The number of hydrogen-bond donors (Lipinski definition) is 2. The first-order valence-corrected chi connectivity index (χ1v) is 6.59. The summed E-state index contributed by atoms with van der Waals surface area (Å²) in [5.74, 6) is 2.65. The van der Waals surface area contributed by atoms with Crippen molar-refractivity contribution in [2.45, 2.75) is 50.2 Å². The number of hydrogen-bond acceptors (Lipinski definition) is 3. The third-order valence-corrected chi connectivity index (χ3v) is 4.28. The largest absolute Gasteiger partial charge is 0.328 e. The van der Waals surface area contributed by atoms with E-state index in [0.717, 1.165) is 6.04 Å². The van der Waals surface area contributed by atoms with Gasteiger partial charge in [0.2, 0.25) is 0 Å². The van der Waals surface area contributed by atoms with Crippen LogP contribution in [-0.2, 0) is 0 Å². The molecule has 2 fully saturated rings. The molecule has 1 aliphatic carbocycles. The summed E-state index contributed by atoms with van der Waals surface area (Å²) in [6, 6.07) is 1.95. The number of thioether (sulfide) groups is 1. The second kappa shape index (κ2) is 4.67. The lowest BCUT2D eigenvalue weighted by atomic mass is 9.91. The first-order valence-electron chi connectivity index (χ1n) is 5.44. The maximum Gasteiger partial charge on any atom is 0.0168 e. The third-order valence-electron chi connectivity index (χ3n) is 3.12. The Kier molecular flexibility index (Phi) is 3.52. The molecular weight excluding hydrogens is 180 g/mol. The molecular formula is C10H20N2S. The van der Waals surface area contributed by atoms with Gasteiger partial charge in [-0.25, -0.2) is 0 Å². The lowest BCUT2D eigenvalue weighted by Crippen LogP contribution is -2.44. The van der Waals surface area contributed by atoms with Crippen LogP contribution in [0, 0.1) is 0 Å². The average Bonchev–Trinajstić information content (AvgIpc) is 2.57. The molecule has 2 rings (SSSR count). The minimum Gasteiger partial charge on any atom is -0.328 e. The Morgan fingerprint density at radius 1 is 1.15 bits per heavy atom. The van der Waals surface area contributed by atoms with Crippen LogP contribution in [0.25, 0.3) is 0 Å². The van der Waals surface area contributed by atoms with Crippen molar-refractivity contribution in [2.24, 2.45) is 5.73 Å². The molecule has 2 aliphatic rings. The smallest absolute Gasteiger partial charge is 0.0168 e. The summed E-state index contributed by atoms with van der Waals surface area (Å²) in [5, 5.41) is 3.75. The van der Waals surface area contributed by atoms with Crippen LogP contribution < -0.4 is 11.1 Å². The van der Waals surface area contributed by atoms with Crippen molar-refractivity contribution in [1.82, 2.24) is 5.32 Å². The summed E-state index contributed by atoms with van der Waals surface area (Å²) < 4.78 is 0. The molecule has 0 aromatic heterocycles. The summed E-state index contributed by atoms with van der Waals surface area (Å²) in [4.78, 5) is 0. The van der Waals surface area contributed by atoms with E-state index in [1.165, 1.54) is 43.6 Å². The Labute approximate surface area is 85.0 Å². The predicted molar refractivity (Wildman–Crippen MR) is 59.1 cm³/mol. The van der Waals surface area contributed by atoms with Gasteiger partial charge < -0.3 is 11.1 Å². The van der Waals surface area contributed by atoms with Gasteiger partial charge in [0.15, 0.2) is 0 Å². The van der Waals surface area contributed by atoms with E-state index in [9.17, 15) is 0 Å². The van der Waals surface area contributed by atoms with Crippen LogP contribution in [0.5, 0.6) is 0 Å². The van der Waals surface area contributed by atoms with Crippen LogP contribution in [0.4, 0.5) is 0 Å². The van der Waals surface area contributed by atoms with Gasteiger partial charge in [-0.3, -0.25) is 0 Å². The first kappa shape index (κ1) is 9.81. The Bertz CT molecular complexity index is 157. The number of nitrogens with two attached hydrogens (primary N) is 1. The predicted octanol–water partition coefficient (Wildman–Crippen LogP) is 1.35. The van der Waals surface area contributed by atoms with Crippen molar-refractivity contribution in [2.75, 3.05) is 11.5 Å². The Morgan fingerprint density at radius 3 is 2.77 bits per heavy atom. The minimum atomic E-state index is 0.459. The molecule has 3 unspecified atom stereocenters. The Morgan fingerprint density at radius 2 is 2.08 bits per heavy atom. The Balaban J connectivity index is 1.73. The highest BCUT2D eigenvalue weighted by molar-refractivity contribution is 7.99. The molecule has 0 radical (unpaired) electrons. The molecule has 0 aromatic rings. The van der Waals surface area contributed by atoms with Gasteiger partial charge in [0.1, 0.15) is 0 Å². The average molecular weight is 200 g/mol. The minimum absolute atomic E-state index is 0.459. The zero-order valence-electron chi connectivity index (χ0n) is 8.17. The molecule has 3 heteroatoms. The first-order chi connectivity index (χ1) is 6.34. The molecule has 0 amide bonds. The normalized spacial score (nSPS) is 40.8. The van der Waals surface area contributed by atoms with Crippen LogP contribution in [0.15, 0.2) is 0 Å². The van der Waals surface area contributed by atoms with Crippen molar-refractivity contribution in [3.05, 3.63) is 0 Å². The molecule has 1 saturated heterocycles. The quantitative estimate of drug-likeness (QED) is 0.707. The van der Waals surface area contributed by atoms with E-state index in [1.807, 2.05) is 0 Å². The van der Waals surface area contributed by atoms with E-state index in [-0.39, 0.29) is 0 Å². The molecule has 2 nitrogen and oxygen atoms in total. The molecule has 3 N–H and O–H groups in total. The zero-order chi connectivity index (χ0) is 9.10. The third kappa shape index (κ3) is 2.86. The van der Waals surface area contributed by atoms with E-state index in [2.05, 4.69) is 17.1 Å². The van der Waals surface area contributed by atoms with Gasteiger partial charge >= 0.3 is 0 Å². The fourth-order valence-corrected chi connectivity index (χ4v) is 3.54. The molecule has 1 saturated carbocycles. The molecule has 0 aromatic carbocycles. The van der Waals surface area contributed by atoms with Gasteiger partial charge in [-0.2, -0.15) is 11.8 Å². The summed E-state index contributed by atoms with van der Waals surface area (Å²) in [6.45, 7) is 0. The van der Waals surface area contributed by atoms with Crippen LogP contribution >= 0.6 is 11.8 Å². The molecule has 13 heavy (non-hydrogen) atoms. The molecule has 76 valence electrons. The second-order valence-electron chi connectivity index (χ2n) is 4.35. The summed E-state index contributed by atoms with van der Waals surface area (Å²) in [5.41, 5.74) is 5.95. The van der Waals surface area contributed by atoms with E-state index >= 15 is 0 Å².